The summed E-state index contributed by atoms with van der Waals surface area (Å²) in [6.07, 6.45) is -0.521. The molecule has 3 aromatic heterocycles. The normalized spacial score (nSPS) is 15.3. The van der Waals surface area contributed by atoms with Gasteiger partial charge in [-0.05, 0) is 63.9 Å². The number of imidazole rings is 1. The predicted molar refractivity (Wildman–Crippen MR) is 208 cm³/mol. The van der Waals surface area contributed by atoms with Crippen molar-refractivity contribution in [2.24, 2.45) is 13.0 Å². The van der Waals surface area contributed by atoms with E-state index in [1.54, 1.807) is 41.5 Å². The topological polar surface area (TPSA) is 166 Å². The first kappa shape index (κ1) is 42.9. The molecule has 2 aliphatic rings. The van der Waals surface area contributed by atoms with Gasteiger partial charge in [0, 0.05) is 71.2 Å². The van der Waals surface area contributed by atoms with Crippen LogP contribution in [0.4, 0.5) is 23.7 Å². The number of rotatable bonds is 10. The Morgan fingerprint density at radius 2 is 1.59 bits per heavy atom. The number of hydrogen-bond acceptors (Lipinski definition) is 10. The summed E-state index contributed by atoms with van der Waals surface area (Å²) in [5, 5.41) is 6.46. The molecule has 316 valence electrons. The van der Waals surface area contributed by atoms with Gasteiger partial charge in [0.25, 0.3) is 11.8 Å². The lowest BCUT2D eigenvalue weighted by molar-refractivity contribution is -0.141. The largest absolute Gasteiger partial charge is 0.490 e. The molecule has 2 aliphatic heterocycles. The Labute approximate surface area is 343 Å². The molecule has 0 bridgehead atoms. The number of benzene rings is 1. The minimum absolute atomic E-state index is 0.00146. The van der Waals surface area contributed by atoms with Crippen LogP contribution in [-0.2, 0) is 27.5 Å². The highest BCUT2D eigenvalue weighted by Gasteiger charge is 2.39. The molecule has 20 heteroatoms. The van der Waals surface area contributed by atoms with Gasteiger partial charge in [0.15, 0.2) is 17.3 Å². The first-order valence-corrected chi connectivity index (χ1v) is 19.2. The number of carbonyl (C=O) groups is 4. The van der Waals surface area contributed by atoms with Crippen molar-refractivity contribution in [1.82, 2.24) is 39.0 Å². The summed E-state index contributed by atoms with van der Waals surface area (Å²) in [5.74, 6) is -1.01. The Morgan fingerprint density at radius 1 is 0.898 bits per heavy atom. The lowest BCUT2D eigenvalue weighted by Gasteiger charge is -2.38. The van der Waals surface area contributed by atoms with Crippen molar-refractivity contribution in [3.05, 3.63) is 71.0 Å². The number of methoxy groups -OCH3 is 1. The quantitative estimate of drug-likeness (QED) is 0.200. The van der Waals surface area contributed by atoms with Gasteiger partial charge in [-0.15, -0.1) is 0 Å². The summed E-state index contributed by atoms with van der Waals surface area (Å²) in [6.45, 7) is 8.16. The SMILES string of the molecule is COCCOc1ccc(-n2cc(-c3cnc(C(=O)Nc4ccc(C(=O)N5CCN(C(=O)C6CCN(C(=O)OC(C)(C)C)CC6)CC5)c(Cl)c4)n3C)c(C(F)(F)F)n2)nc1. The van der Waals surface area contributed by atoms with Gasteiger partial charge in [-0.25, -0.2) is 19.4 Å². The van der Waals surface area contributed by atoms with Gasteiger partial charge in [0.2, 0.25) is 5.91 Å². The van der Waals surface area contributed by atoms with E-state index < -0.39 is 23.4 Å². The first-order chi connectivity index (χ1) is 27.9. The van der Waals surface area contributed by atoms with Crippen LogP contribution < -0.4 is 10.1 Å². The third-order valence-electron chi connectivity index (χ3n) is 9.79. The van der Waals surface area contributed by atoms with Gasteiger partial charge >= 0.3 is 12.3 Å². The Kier molecular flexibility index (Phi) is 12.8. The zero-order chi connectivity index (χ0) is 42.6. The van der Waals surface area contributed by atoms with Crippen LogP contribution in [0.5, 0.6) is 5.75 Å². The minimum atomic E-state index is -4.85. The Balaban J connectivity index is 1.06. The van der Waals surface area contributed by atoms with Crippen LogP contribution in [-0.4, -0.2) is 128 Å². The molecule has 4 amide bonds. The number of aromatic nitrogens is 5. The van der Waals surface area contributed by atoms with Gasteiger partial charge in [0.1, 0.15) is 18.0 Å². The average Bonchev–Trinajstić information content (AvgIpc) is 3.81. The fourth-order valence-corrected chi connectivity index (χ4v) is 7.00. The summed E-state index contributed by atoms with van der Waals surface area (Å²) in [4.78, 5) is 65.8. The van der Waals surface area contributed by atoms with E-state index in [1.165, 1.54) is 49.2 Å². The third-order valence-corrected chi connectivity index (χ3v) is 10.1. The van der Waals surface area contributed by atoms with Crippen molar-refractivity contribution in [2.45, 2.75) is 45.4 Å². The lowest BCUT2D eigenvalue weighted by atomic mass is 9.95. The van der Waals surface area contributed by atoms with Gasteiger partial charge in [-0.2, -0.15) is 18.3 Å². The fraction of sp³-hybridized carbons (Fsp3) is 0.462. The van der Waals surface area contributed by atoms with E-state index in [4.69, 9.17) is 25.8 Å². The Morgan fingerprint density at radius 3 is 2.20 bits per heavy atom. The second-order valence-corrected chi connectivity index (χ2v) is 15.5. The van der Waals surface area contributed by atoms with Crippen LogP contribution in [0.2, 0.25) is 5.02 Å². The van der Waals surface area contributed by atoms with Crippen molar-refractivity contribution < 1.29 is 46.6 Å². The maximum atomic E-state index is 14.2. The molecule has 6 rings (SSSR count). The third kappa shape index (κ3) is 10.1. The molecule has 4 aromatic rings. The maximum absolute atomic E-state index is 14.2. The number of piperidine rings is 1. The molecule has 1 N–H and O–H groups in total. The smallest absolute Gasteiger partial charge is 0.435 e. The molecule has 0 atom stereocenters. The fourth-order valence-electron chi connectivity index (χ4n) is 6.74. The molecule has 16 nitrogen and oxygen atoms in total. The van der Waals surface area contributed by atoms with E-state index in [0.29, 0.717) is 64.5 Å². The Hall–Kier alpha value is -5.69. The summed E-state index contributed by atoms with van der Waals surface area (Å²) in [6, 6.07) is 7.35. The van der Waals surface area contributed by atoms with Gasteiger partial charge in [-0.1, -0.05) is 11.6 Å². The van der Waals surface area contributed by atoms with E-state index in [2.05, 4.69) is 20.4 Å². The standard InChI is InChI=1S/C39H45ClF3N9O7/c1-38(2,3)59-37(56)51-12-10-24(11-13-51)35(54)49-14-16-50(17-15-49)36(55)27-8-6-25(20-29(27)40)46-34(53)33-45-22-30(48(33)4)28-23-52(47-32(28)39(41,42)43)31-9-7-26(21-44-31)58-19-18-57-5/h6-9,20-24H,10-19H2,1-5H3,(H,46,53). The number of nitrogens with zero attached hydrogens (tertiary/aromatic N) is 8. The zero-order valence-corrected chi connectivity index (χ0v) is 34.0. The van der Waals surface area contributed by atoms with E-state index >= 15 is 0 Å². The molecule has 5 heterocycles. The van der Waals surface area contributed by atoms with Crippen molar-refractivity contribution >= 4 is 41.1 Å². The van der Waals surface area contributed by atoms with Crippen molar-refractivity contribution in [1.29, 1.82) is 0 Å². The van der Waals surface area contributed by atoms with E-state index in [-0.39, 0.29) is 69.6 Å². The van der Waals surface area contributed by atoms with Gasteiger partial charge < -0.3 is 38.8 Å². The summed E-state index contributed by atoms with van der Waals surface area (Å²) in [5.41, 5.74) is -1.75. The van der Waals surface area contributed by atoms with Crippen molar-refractivity contribution in [3.63, 3.8) is 0 Å². The van der Waals surface area contributed by atoms with Crippen LogP contribution >= 0.6 is 11.6 Å². The van der Waals surface area contributed by atoms with Crippen LogP contribution in [0, 0.1) is 5.92 Å². The molecule has 59 heavy (non-hydrogen) atoms. The number of carbonyl (C=O) groups excluding carboxylic acids is 4. The number of likely N-dealkylation sites (tertiary alicyclic amines) is 1. The number of piperazine rings is 1. The second-order valence-electron chi connectivity index (χ2n) is 15.1. The summed E-state index contributed by atoms with van der Waals surface area (Å²) < 4.78 is 60.7. The molecule has 0 saturated carbocycles. The molecular weight excluding hydrogens is 799 g/mol. The van der Waals surface area contributed by atoms with Crippen LogP contribution in [0.25, 0.3) is 17.1 Å². The van der Waals surface area contributed by atoms with Gasteiger partial charge in [0.05, 0.1) is 40.8 Å². The number of alkyl halides is 3. The highest BCUT2D eigenvalue weighted by Crippen LogP contribution is 2.37. The highest BCUT2D eigenvalue weighted by molar-refractivity contribution is 6.34. The van der Waals surface area contributed by atoms with Crippen LogP contribution in [0.15, 0.2) is 48.9 Å². The summed E-state index contributed by atoms with van der Waals surface area (Å²) >= 11 is 6.53. The van der Waals surface area contributed by atoms with E-state index in [0.717, 1.165) is 17.1 Å². The average molecular weight is 844 g/mol. The molecule has 0 unspecified atom stereocenters. The molecule has 0 aliphatic carbocycles. The highest BCUT2D eigenvalue weighted by atomic mass is 35.5. The van der Waals surface area contributed by atoms with Gasteiger partial charge in [-0.3, -0.25) is 14.4 Å². The van der Waals surface area contributed by atoms with Crippen molar-refractivity contribution in [3.8, 4) is 22.8 Å². The molecule has 2 fully saturated rings. The monoisotopic (exact) mass is 843 g/mol. The minimum Gasteiger partial charge on any atom is -0.490 e. The number of hydrogen-bond donors (Lipinski definition) is 1. The second kappa shape index (κ2) is 17.7. The molecule has 0 spiro atoms. The number of ether oxygens (including phenoxy) is 3. The number of halogens is 4. The number of pyridine rings is 1. The molecular formula is C39H45ClF3N9O7. The van der Waals surface area contributed by atoms with Crippen molar-refractivity contribution in [2.75, 3.05) is 64.9 Å². The lowest BCUT2D eigenvalue weighted by Crippen LogP contribution is -2.53. The van der Waals surface area contributed by atoms with Crippen LogP contribution in [0.1, 0.15) is 60.3 Å². The molecule has 0 radical (unpaired) electrons. The van der Waals surface area contributed by atoms with E-state index in [9.17, 15) is 32.3 Å². The predicted octanol–water partition coefficient (Wildman–Crippen LogP) is 5.55. The molecule has 2 saturated heterocycles. The molecule has 1 aromatic carbocycles. The van der Waals surface area contributed by atoms with E-state index in [1.807, 2.05) is 0 Å². The number of nitrogens with one attached hydrogen (secondary N) is 1. The number of anilines is 1. The van der Waals surface area contributed by atoms with Crippen LogP contribution in [0.3, 0.4) is 0 Å². The Bertz CT molecular complexity index is 2170. The zero-order valence-electron chi connectivity index (χ0n) is 33.2. The number of amides is 4. The summed E-state index contributed by atoms with van der Waals surface area (Å²) in [7, 11) is 2.92. The maximum Gasteiger partial charge on any atom is 0.435 e. The first-order valence-electron chi connectivity index (χ1n) is 18.9.